The van der Waals surface area contributed by atoms with Gasteiger partial charge < -0.3 is 14.8 Å². The molecule has 7 nitrogen and oxygen atoms in total. The zero-order valence-corrected chi connectivity index (χ0v) is 16.3. The number of anilines is 1. The highest BCUT2D eigenvalue weighted by Gasteiger charge is 2.15. The summed E-state index contributed by atoms with van der Waals surface area (Å²) in [5.74, 6) is -0.483. The van der Waals surface area contributed by atoms with Gasteiger partial charge in [0.15, 0.2) is 0 Å². The minimum atomic E-state index is -0.545. The van der Waals surface area contributed by atoms with Crippen molar-refractivity contribution in [2.24, 2.45) is 0 Å². The number of pyridine rings is 1. The van der Waals surface area contributed by atoms with Crippen LogP contribution in [0.3, 0.4) is 0 Å². The van der Waals surface area contributed by atoms with Crippen molar-refractivity contribution in [1.29, 1.82) is 0 Å². The number of methoxy groups -OCH3 is 1. The molecule has 0 aliphatic heterocycles. The topological polar surface area (TPSA) is 90.4 Å². The normalized spacial score (nSPS) is 10.4. The Bertz CT molecular complexity index is 987. The average molecular weight is 397 g/mol. The van der Waals surface area contributed by atoms with Crippen LogP contribution >= 0.6 is 11.3 Å². The molecular formula is C20H19N3O4S. The van der Waals surface area contributed by atoms with Crippen LogP contribution in [0, 0.1) is 6.92 Å². The highest BCUT2D eigenvalue weighted by Crippen LogP contribution is 2.18. The Balaban J connectivity index is 1.55. The number of aryl methyl sites for hydroxylation is 1. The van der Waals surface area contributed by atoms with Crippen molar-refractivity contribution < 1.29 is 19.1 Å². The third-order valence-electron chi connectivity index (χ3n) is 3.87. The van der Waals surface area contributed by atoms with Crippen molar-refractivity contribution in [3.05, 3.63) is 69.8 Å². The molecule has 1 N–H and O–H groups in total. The number of ether oxygens (including phenoxy) is 2. The molecule has 8 heteroatoms. The maximum absolute atomic E-state index is 12.2. The van der Waals surface area contributed by atoms with Gasteiger partial charge in [-0.15, -0.1) is 11.3 Å². The van der Waals surface area contributed by atoms with Crippen LogP contribution in [0.15, 0.2) is 48.0 Å². The molecule has 0 aliphatic rings. The average Bonchev–Trinajstić information content (AvgIpc) is 3.15. The lowest BCUT2D eigenvalue weighted by Gasteiger charge is -2.07. The highest BCUT2D eigenvalue weighted by atomic mass is 32.1. The molecule has 0 atom stereocenters. The summed E-state index contributed by atoms with van der Waals surface area (Å²) >= 11 is 1.35. The van der Waals surface area contributed by atoms with Crippen molar-refractivity contribution in [1.82, 2.24) is 9.97 Å². The van der Waals surface area contributed by atoms with Crippen LogP contribution in [0.4, 0.5) is 5.69 Å². The fourth-order valence-corrected chi connectivity index (χ4v) is 3.24. The summed E-state index contributed by atoms with van der Waals surface area (Å²) < 4.78 is 10.3. The van der Waals surface area contributed by atoms with E-state index in [-0.39, 0.29) is 30.4 Å². The summed E-state index contributed by atoms with van der Waals surface area (Å²) in [6, 6.07) is 10.8. The second-order valence-electron chi connectivity index (χ2n) is 5.91. The van der Waals surface area contributed by atoms with E-state index in [0.717, 1.165) is 11.3 Å². The monoisotopic (exact) mass is 397 g/mol. The van der Waals surface area contributed by atoms with Crippen molar-refractivity contribution >= 4 is 28.9 Å². The molecule has 0 saturated carbocycles. The number of carbonyl (C=O) groups excluding carboxylic acids is 2. The Hall–Kier alpha value is -3.26. The molecule has 1 amide bonds. The summed E-state index contributed by atoms with van der Waals surface area (Å²) in [5.41, 5.74) is 2.61. The second kappa shape index (κ2) is 9.09. The number of amides is 1. The van der Waals surface area contributed by atoms with Gasteiger partial charge in [-0.3, -0.25) is 4.79 Å². The fraction of sp³-hybridized carbons (Fsp3) is 0.200. The molecule has 0 spiro atoms. The number of carbonyl (C=O) groups is 2. The summed E-state index contributed by atoms with van der Waals surface area (Å²) in [5, 5.41) is 5.29. The van der Waals surface area contributed by atoms with Crippen LogP contribution in [0.1, 0.15) is 26.6 Å². The SMILES string of the molecule is COc1ncccc1C(=O)OCc1csc(CC(=O)Nc2ccccc2C)n1. The molecule has 0 unspecified atom stereocenters. The van der Waals surface area contributed by atoms with Gasteiger partial charge in [-0.2, -0.15) is 0 Å². The van der Waals surface area contributed by atoms with Gasteiger partial charge in [-0.1, -0.05) is 18.2 Å². The maximum atomic E-state index is 12.2. The highest BCUT2D eigenvalue weighted by molar-refractivity contribution is 7.09. The minimum absolute atomic E-state index is 0.00674. The van der Waals surface area contributed by atoms with Crippen LogP contribution in [0.5, 0.6) is 5.88 Å². The zero-order valence-electron chi connectivity index (χ0n) is 15.5. The number of esters is 1. The number of rotatable bonds is 7. The predicted octanol–water partition coefficient (Wildman–Crippen LogP) is 3.39. The smallest absolute Gasteiger partial charge is 0.344 e. The number of para-hydroxylation sites is 1. The van der Waals surface area contributed by atoms with E-state index in [1.807, 2.05) is 31.2 Å². The predicted molar refractivity (Wildman–Crippen MR) is 106 cm³/mol. The fourth-order valence-electron chi connectivity index (χ4n) is 2.47. The number of thiazole rings is 1. The van der Waals surface area contributed by atoms with E-state index in [0.29, 0.717) is 10.7 Å². The maximum Gasteiger partial charge on any atom is 0.344 e. The van der Waals surface area contributed by atoms with Crippen LogP contribution in [0.2, 0.25) is 0 Å². The third kappa shape index (κ3) is 4.92. The number of hydrogen-bond acceptors (Lipinski definition) is 7. The molecule has 0 bridgehead atoms. The Morgan fingerprint density at radius 3 is 2.79 bits per heavy atom. The van der Waals surface area contributed by atoms with E-state index in [1.165, 1.54) is 24.6 Å². The van der Waals surface area contributed by atoms with Crippen molar-refractivity contribution in [2.75, 3.05) is 12.4 Å². The molecule has 0 aliphatic carbocycles. The first-order chi connectivity index (χ1) is 13.6. The van der Waals surface area contributed by atoms with Gasteiger partial charge >= 0.3 is 5.97 Å². The molecule has 0 saturated heterocycles. The lowest BCUT2D eigenvalue weighted by Crippen LogP contribution is -2.15. The Kier molecular flexibility index (Phi) is 6.33. The summed E-state index contributed by atoms with van der Waals surface area (Å²) in [4.78, 5) is 32.7. The van der Waals surface area contributed by atoms with E-state index in [2.05, 4.69) is 15.3 Å². The largest absolute Gasteiger partial charge is 0.480 e. The number of hydrogen-bond donors (Lipinski definition) is 1. The summed E-state index contributed by atoms with van der Waals surface area (Å²) in [6.45, 7) is 1.94. The first-order valence-corrected chi connectivity index (χ1v) is 9.39. The van der Waals surface area contributed by atoms with E-state index >= 15 is 0 Å². The van der Waals surface area contributed by atoms with E-state index in [4.69, 9.17) is 9.47 Å². The molecule has 0 radical (unpaired) electrons. The Morgan fingerprint density at radius 2 is 2.00 bits per heavy atom. The van der Waals surface area contributed by atoms with Gasteiger partial charge in [0.05, 0.1) is 19.2 Å². The van der Waals surface area contributed by atoms with Gasteiger partial charge in [-0.25, -0.2) is 14.8 Å². The van der Waals surface area contributed by atoms with Crippen LogP contribution < -0.4 is 10.1 Å². The van der Waals surface area contributed by atoms with Crippen molar-refractivity contribution in [3.8, 4) is 5.88 Å². The summed E-state index contributed by atoms with van der Waals surface area (Å²) in [6.07, 6.45) is 1.69. The zero-order chi connectivity index (χ0) is 19.9. The third-order valence-corrected chi connectivity index (χ3v) is 4.76. The Labute approximate surface area is 166 Å². The number of nitrogens with zero attached hydrogens (tertiary/aromatic N) is 2. The lowest BCUT2D eigenvalue weighted by atomic mass is 10.2. The number of benzene rings is 1. The Morgan fingerprint density at radius 1 is 1.18 bits per heavy atom. The van der Waals surface area contributed by atoms with Gasteiger partial charge in [0.25, 0.3) is 0 Å². The van der Waals surface area contributed by atoms with Gasteiger partial charge in [0.2, 0.25) is 11.8 Å². The quantitative estimate of drug-likeness (QED) is 0.615. The molecule has 28 heavy (non-hydrogen) atoms. The molecule has 3 rings (SSSR count). The van der Waals surface area contributed by atoms with Gasteiger partial charge in [-0.05, 0) is 30.7 Å². The molecule has 144 valence electrons. The van der Waals surface area contributed by atoms with Crippen LogP contribution in [0.25, 0.3) is 0 Å². The van der Waals surface area contributed by atoms with E-state index in [1.54, 1.807) is 17.5 Å². The second-order valence-corrected chi connectivity index (χ2v) is 6.85. The van der Waals surface area contributed by atoms with Gasteiger partial charge in [0, 0.05) is 17.3 Å². The molecule has 2 aromatic heterocycles. The number of nitrogens with one attached hydrogen (secondary N) is 1. The lowest BCUT2D eigenvalue weighted by molar-refractivity contribution is -0.115. The standard InChI is InChI=1S/C20H19N3O4S/c1-13-6-3-4-8-16(13)23-17(24)10-18-22-14(12-28-18)11-27-20(25)15-7-5-9-21-19(15)26-2/h3-9,12H,10-11H2,1-2H3,(H,23,24). The van der Waals surface area contributed by atoms with E-state index < -0.39 is 5.97 Å². The molecular weight excluding hydrogens is 378 g/mol. The first-order valence-electron chi connectivity index (χ1n) is 8.51. The van der Waals surface area contributed by atoms with E-state index in [9.17, 15) is 9.59 Å². The van der Waals surface area contributed by atoms with Crippen LogP contribution in [-0.4, -0.2) is 29.0 Å². The van der Waals surface area contributed by atoms with Gasteiger partial charge in [0.1, 0.15) is 17.2 Å². The number of aromatic nitrogens is 2. The molecule has 3 aromatic rings. The summed E-state index contributed by atoms with van der Waals surface area (Å²) in [7, 11) is 1.44. The first kappa shape index (κ1) is 19.5. The molecule has 2 heterocycles. The molecule has 0 fully saturated rings. The minimum Gasteiger partial charge on any atom is -0.480 e. The van der Waals surface area contributed by atoms with Crippen LogP contribution in [-0.2, 0) is 22.6 Å². The van der Waals surface area contributed by atoms with Crippen molar-refractivity contribution in [2.45, 2.75) is 20.0 Å². The van der Waals surface area contributed by atoms with Crippen molar-refractivity contribution in [3.63, 3.8) is 0 Å². The molecule has 1 aromatic carbocycles.